The van der Waals surface area contributed by atoms with Crippen LogP contribution in [0.2, 0.25) is 0 Å². The minimum Gasteiger partial charge on any atom is -0.0801 e. The molecule has 0 radical (unpaired) electrons. The fourth-order valence-corrected chi connectivity index (χ4v) is 2.50. The molecule has 1 aliphatic rings. The van der Waals surface area contributed by atoms with Crippen molar-refractivity contribution in [1.29, 1.82) is 0 Å². The topological polar surface area (TPSA) is 0 Å². The second-order valence-electron chi connectivity index (χ2n) is 4.73. The van der Waals surface area contributed by atoms with Gasteiger partial charge in [-0.25, -0.2) is 0 Å². The Labute approximate surface area is 108 Å². The smallest absolute Gasteiger partial charge is 0.00822 e. The van der Waals surface area contributed by atoms with Crippen LogP contribution in [0.3, 0.4) is 0 Å². The van der Waals surface area contributed by atoms with E-state index in [1.807, 2.05) is 0 Å². The van der Waals surface area contributed by atoms with Crippen LogP contribution < -0.4 is 0 Å². The summed E-state index contributed by atoms with van der Waals surface area (Å²) in [6.07, 6.45) is 9.66. The number of hydrogen-bond donors (Lipinski definition) is 0. The van der Waals surface area contributed by atoms with Crippen LogP contribution in [0.1, 0.15) is 16.7 Å². The summed E-state index contributed by atoms with van der Waals surface area (Å²) >= 11 is 0. The Kier molecular flexibility index (Phi) is 2.85. The second-order valence-corrected chi connectivity index (χ2v) is 4.73. The third-order valence-electron chi connectivity index (χ3n) is 3.39. The molecule has 0 heteroatoms. The van der Waals surface area contributed by atoms with Gasteiger partial charge >= 0.3 is 0 Å². The predicted octanol–water partition coefficient (Wildman–Crippen LogP) is 4.79. The number of fused-ring (bicyclic) bond motifs is 1. The van der Waals surface area contributed by atoms with Gasteiger partial charge in [0.25, 0.3) is 0 Å². The molecule has 0 aromatic heterocycles. The highest BCUT2D eigenvalue weighted by Gasteiger charge is 2.08. The zero-order chi connectivity index (χ0) is 12.4. The Morgan fingerprint density at radius 2 is 1.83 bits per heavy atom. The minimum absolute atomic E-state index is 1.01. The molecule has 0 N–H and O–H groups in total. The Bertz CT molecular complexity index is 630. The third-order valence-corrected chi connectivity index (χ3v) is 3.39. The molecule has 0 saturated heterocycles. The predicted molar refractivity (Wildman–Crippen MR) is 78.5 cm³/mol. The van der Waals surface area contributed by atoms with Crippen molar-refractivity contribution in [1.82, 2.24) is 0 Å². The maximum Gasteiger partial charge on any atom is -0.00822 e. The van der Waals surface area contributed by atoms with Crippen LogP contribution in [0, 0.1) is 6.92 Å². The summed E-state index contributed by atoms with van der Waals surface area (Å²) in [5.41, 5.74) is 6.74. The number of rotatable bonds is 1. The van der Waals surface area contributed by atoms with Gasteiger partial charge in [0.1, 0.15) is 0 Å². The number of hydrogen-bond acceptors (Lipinski definition) is 0. The van der Waals surface area contributed by atoms with E-state index in [4.69, 9.17) is 0 Å². The van der Waals surface area contributed by atoms with E-state index in [2.05, 4.69) is 73.7 Å². The molecular weight excluding hydrogens is 216 g/mol. The highest BCUT2D eigenvalue weighted by molar-refractivity contribution is 5.74. The molecular formula is C18H16. The van der Waals surface area contributed by atoms with Crippen molar-refractivity contribution in [3.63, 3.8) is 0 Å². The molecule has 0 spiro atoms. The number of allylic oxidation sites excluding steroid dienone is 3. The quantitative estimate of drug-likeness (QED) is 0.663. The first-order valence-electron chi connectivity index (χ1n) is 6.37. The zero-order valence-corrected chi connectivity index (χ0v) is 10.6. The van der Waals surface area contributed by atoms with Crippen LogP contribution >= 0.6 is 0 Å². The first-order valence-corrected chi connectivity index (χ1v) is 6.37. The molecule has 2 aromatic carbocycles. The van der Waals surface area contributed by atoms with E-state index >= 15 is 0 Å². The molecule has 0 aliphatic heterocycles. The fraction of sp³-hybridized carbons (Fsp3) is 0.111. The van der Waals surface area contributed by atoms with Gasteiger partial charge in [-0.15, -0.1) is 0 Å². The summed E-state index contributed by atoms with van der Waals surface area (Å²) in [4.78, 5) is 0. The van der Waals surface area contributed by atoms with Gasteiger partial charge in [-0.2, -0.15) is 0 Å². The largest absolute Gasteiger partial charge is 0.0801 e. The number of benzene rings is 2. The first-order chi connectivity index (χ1) is 8.84. The highest BCUT2D eigenvalue weighted by Crippen LogP contribution is 2.29. The summed E-state index contributed by atoms with van der Waals surface area (Å²) in [5.74, 6) is 0. The molecule has 1 aliphatic carbocycles. The lowest BCUT2D eigenvalue weighted by Gasteiger charge is -2.11. The van der Waals surface area contributed by atoms with Crippen LogP contribution in [-0.4, -0.2) is 0 Å². The summed E-state index contributed by atoms with van der Waals surface area (Å²) in [6.45, 7) is 2.14. The standard InChI is InChI=1S/C18H16/c1-14-7-5-10-16(13-14)18-12-6-9-15-8-3-2-4-11-17(15)18/h2-10,12-13H,11H2,1H3. The Morgan fingerprint density at radius 1 is 0.944 bits per heavy atom. The monoisotopic (exact) mass is 232 g/mol. The minimum atomic E-state index is 1.01. The van der Waals surface area contributed by atoms with E-state index in [0.29, 0.717) is 0 Å². The van der Waals surface area contributed by atoms with Crippen molar-refractivity contribution in [2.45, 2.75) is 13.3 Å². The Morgan fingerprint density at radius 3 is 2.72 bits per heavy atom. The SMILES string of the molecule is Cc1cccc(-c2cccc3c2CC=CC=C3)c1. The average molecular weight is 232 g/mol. The Balaban J connectivity index is 2.19. The van der Waals surface area contributed by atoms with Crippen molar-refractivity contribution < 1.29 is 0 Å². The normalized spacial score (nSPS) is 13.2. The van der Waals surface area contributed by atoms with E-state index in [0.717, 1.165) is 6.42 Å². The lowest BCUT2D eigenvalue weighted by molar-refractivity contribution is 1.26. The molecule has 0 nitrogen and oxygen atoms in total. The van der Waals surface area contributed by atoms with Gasteiger partial charge in [0.2, 0.25) is 0 Å². The van der Waals surface area contributed by atoms with Crippen LogP contribution in [0.25, 0.3) is 17.2 Å². The van der Waals surface area contributed by atoms with E-state index in [1.165, 1.54) is 27.8 Å². The second kappa shape index (κ2) is 4.66. The van der Waals surface area contributed by atoms with Crippen molar-refractivity contribution in [3.8, 4) is 11.1 Å². The maximum absolute atomic E-state index is 2.26. The lowest BCUT2D eigenvalue weighted by Crippen LogP contribution is -1.92. The molecule has 3 rings (SSSR count). The third kappa shape index (κ3) is 2.02. The lowest BCUT2D eigenvalue weighted by atomic mass is 9.93. The molecule has 0 unspecified atom stereocenters. The van der Waals surface area contributed by atoms with Crippen LogP contribution in [-0.2, 0) is 6.42 Å². The van der Waals surface area contributed by atoms with E-state index in [-0.39, 0.29) is 0 Å². The Hall–Kier alpha value is -2.08. The summed E-state index contributed by atoms with van der Waals surface area (Å²) in [5, 5.41) is 0. The van der Waals surface area contributed by atoms with Crippen molar-refractivity contribution in [3.05, 3.63) is 77.4 Å². The van der Waals surface area contributed by atoms with Gasteiger partial charge in [-0.3, -0.25) is 0 Å². The number of aryl methyl sites for hydroxylation is 1. The van der Waals surface area contributed by atoms with E-state index in [9.17, 15) is 0 Å². The van der Waals surface area contributed by atoms with Gasteiger partial charge in [-0.05, 0) is 35.6 Å². The zero-order valence-electron chi connectivity index (χ0n) is 10.6. The highest BCUT2D eigenvalue weighted by atomic mass is 14.1. The van der Waals surface area contributed by atoms with Crippen molar-refractivity contribution >= 4 is 6.08 Å². The molecule has 0 atom stereocenters. The van der Waals surface area contributed by atoms with Gasteiger partial charge in [-0.1, -0.05) is 72.3 Å². The van der Waals surface area contributed by atoms with Gasteiger partial charge < -0.3 is 0 Å². The molecule has 0 bridgehead atoms. The molecule has 0 heterocycles. The summed E-state index contributed by atoms with van der Waals surface area (Å²) < 4.78 is 0. The van der Waals surface area contributed by atoms with E-state index in [1.54, 1.807) is 0 Å². The molecule has 0 saturated carbocycles. The van der Waals surface area contributed by atoms with Crippen LogP contribution in [0.5, 0.6) is 0 Å². The van der Waals surface area contributed by atoms with E-state index < -0.39 is 0 Å². The summed E-state index contributed by atoms with van der Waals surface area (Å²) in [6, 6.07) is 15.3. The molecule has 88 valence electrons. The fourth-order valence-electron chi connectivity index (χ4n) is 2.50. The van der Waals surface area contributed by atoms with Gasteiger partial charge in [0.15, 0.2) is 0 Å². The maximum atomic E-state index is 2.26. The summed E-state index contributed by atoms with van der Waals surface area (Å²) in [7, 11) is 0. The molecule has 0 fully saturated rings. The molecule has 0 amide bonds. The van der Waals surface area contributed by atoms with Crippen LogP contribution in [0.4, 0.5) is 0 Å². The van der Waals surface area contributed by atoms with Crippen LogP contribution in [0.15, 0.2) is 60.7 Å². The van der Waals surface area contributed by atoms with Gasteiger partial charge in [0, 0.05) is 0 Å². The van der Waals surface area contributed by atoms with Crippen molar-refractivity contribution in [2.24, 2.45) is 0 Å². The molecule has 2 aromatic rings. The van der Waals surface area contributed by atoms with Gasteiger partial charge in [0.05, 0.1) is 0 Å². The first kappa shape index (κ1) is 11.0. The average Bonchev–Trinajstić information content (AvgIpc) is 2.63. The van der Waals surface area contributed by atoms with Crippen molar-refractivity contribution in [2.75, 3.05) is 0 Å². The molecule has 18 heavy (non-hydrogen) atoms.